The molecule has 0 aliphatic carbocycles. The number of nitrogens with one attached hydrogen (secondary N) is 1. The summed E-state index contributed by atoms with van der Waals surface area (Å²) in [5.74, 6) is 0.857. The lowest BCUT2D eigenvalue weighted by Gasteiger charge is -2.27. The Hall–Kier alpha value is -0.810. The van der Waals surface area contributed by atoms with Crippen LogP contribution >= 0.6 is 11.6 Å². The summed E-state index contributed by atoms with van der Waals surface area (Å²) >= 11 is 5.98. The van der Waals surface area contributed by atoms with Gasteiger partial charge in [-0.1, -0.05) is 11.6 Å². The maximum absolute atomic E-state index is 5.98. The molecule has 0 amide bonds. The first-order valence-corrected chi connectivity index (χ1v) is 6.06. The Morgan fingerprint density at radius 1 is 1.41 bits per heavy atom. The van der Waals surface area contributed by atoms with Gasteiger partial charge in [-0.3, -0.25) is 5.43 Å². The molecule has 1 aromatic carbocycles. The van der Waals surface area contributed by atoms with Crippen molar-refractivity contribution >= 4 is 11.6 Å². The van der Waals surface area contributed by atoms with E-state index in [1.807, 2.05) is 18.2 Å². The summed E-state index contributed by atoms with van der Waals surface area (Å²) in [6.45, 7) is 4.08. The number of hydrogen-bond acceptors (Lipinski definition) is 4. The molecule has 0 spiro atoms. The van der Waals surface area contributed by atoms with Gasteiger partial charge in [0.1, 0.15) is 5.75 Å². The van der Waals surface area contributed by atoms with Gasteiger partial charge >= 0.3 is 0 Å². The van der Waals surface area contributed by atoms with Crippen molar-refractivity contribution in [2.24, 2.45) is 0 Å². The number of methoxy groups -OCH3 is 1. The third-order valence-corrected chi connectivity index (χ3v) is 2.98. The fourth-order valence-electron chi connectivity index (χ4n) is 1.80. The molecule has 0 bridgehead atoms. The second-order valence-corrected chi connectivity index (χ2v) is 4.33. The number of nitrogens with zero attached hydrogens (tertiary/aromatic N) is 1. The van der Waals surface area contributed by atoms with Crippen LogP contribution in [0, 0.1) is 0 Å². The van der Waals surface area contributed by atoms with Gasteiger partial charge in [-0.25, -0.2) is 5.01 Å². The molecule has 4 nitrogen and oxygen atoms in total. The van der Waals surface area contributed by atoms with Gasteiger partial charge in [-0.15, -0.1) is 0 Å². The van der Waals surface area contributed by atoms with Crippen LogP contribution in [-0.2, 0) is 11.3 Å². The molecule has 0 unspecified atom stereocenters. The summed E-state index contributed by atoms with van der Waals surface area (Å²) < 4.78 is 10.6. The molecule has 1 aliphatic rings. The van der Waals surface area contributed by atoms with E-state index < -0.39 is 0 Å². The first-order chi connectivity index (χ1) is 8.29. The van der Waals surface area contributed by atoms with E-state index in [2.05, 4.69) is 10.4 Å². The lowest BCUT2D eigenvalue weighted by Crippen LogP contribution is -2.45. The third-order valence-electron chi connectivity index (χ3n) is 2.75. The Morgan fingerprint density at radius 3 is 2.88 bits per heavy atom. The van der Waals surface area contributed by atoms with Crippen LogP contribution in [0.1, 0.15) is 5.56 Å². The zero-order valence-electron chi connectivity index (χ0n) is 9.91. The van der Waals surface area contributed by atoms with Gasteiger partial charge in [-0.05, 0) is 18.2 Å². The molecular weight excluding hydrogens is 240 g/mol. The molecule has 1 aliphatic heterocycles. The lowest BCUT2D eigenvalue weighted by molar-refractivity contribution is 0.0104. The van der Waals surface area contributed by atoms with Crippen molar-refractivity contribution in [3.8, 4) is 5.75 Å². The summed E-state index contributed by atoms with van der Waals surface area (Å²) in [7, 11) is 1.67. The Morgan fingerprint density at radius 2 is 2.18 bits per heavy atom. The van der Waals surface area contributed by atoms with Gasteiger partial charge in [0.05, 0.1) is 20.3 Å². The SMILES string of the molecule is COc1ccc(Cl)cc1CNN1CCOCC1. The Labute approximate surface area is 106 Å². The first-order valence-electron chi connectivity index (χ1n) is 5.68. The van der Waals surface area contributed by atoms with Crippen LogP contribution in [-0.4, -0.2) is 38.4 Å². The molecule has 1 saturated heterocycles. The molecule has 0 aromatic heterocycles. The molecule has 0 saturated carbocycles. The van der Waals surface area contributed by atoms with Crippen LogP contribution in [0.25, 0.3) is 0 Å². The highest BCUT2D eigenvalue weighted by atomic mass is 35.5. The number of morpholine rings is 1. The molecular formula is C12H17ClN2O2. The van der Waals surface area contributed by atoms with Gasteiger partial charge in [0.15, 0.2) is 0 Å². The number of hydrazine groups is 1. The van der Waals surface area contributed by atoms with Crippen LogP contribution < -0.4 is 10.2 Å². The van der Waals surface area contributed by atoms with E-state index >= 15 is 0 Å². The zero-order valence-corrected chi connectivity index (χ0v) is 10.7. The molecule has 2 rings (SSSR count). The number of benzene rings is 1. The molecule has 94 valence electrons. The quantitative estimate of drug-likeness (QED) is 0.889. The molecule has 17 heavy (non-hydrogen) atoms. The second-order valence-electron chi connectivity index (χ2n) is 3.89. The molecule has 1 fully saturated rings. The fourth-order valence-corrected chi connectivity index (χ4v) is 2.00. The zero-order chi connectivity index (χ0) is 12.1. The summed E-state index contributed by atoms with van der Waals surface area (Å²) in [5, 5.41) is 2.88. The van der Waals surface area contributed by atoms with Crippen LogP contribution in [0.3, 0.4) is 0 Å². The van der Waals surface area contributed by atoms with E-state index in [9.17, 15) is 0 Å². The highest BCUT2D eigenvalue weighted by Crippen LogP contribution is 2.22. The van der Waals surface area contributed by atoms with Gasteiger partial charge < -0.3 is 9.47 Å². The fraction of sp³-hybridized carbons (Fsp3) is 0.500. The summed E-state index contributed by atoms with van der Waals surface area (Å²) in [5.41, 5.74) is 4.42. The van der Waals surface area contributed by atoms with Crippen molar-refractivity contribution in [1.82, 2.24) is 10.4 Å². The molecule has 5 heteroatoms. The lowest BCUT2D eigenvalue weighted by atomic mass is 10.2. The van der Waals surface area contributed by atoms with E-state index in [1.165, 1.54) is 0 Å². The largest absolute Gasteiger partial charge is 0.496 e. The normalized spacial score (nSPS) is 17.1. The van der Waals surface area contributed by atoms with Gasteiger partial charge in [0.2, 0.25) is 0 Å². The average molecular weight is 257 g/mol. The monoisotopic (exact) mass is 256 g/mol. The van der Waals surface area contributed by atoms with Crippen molar-refractivity contribution in [3.05, 3.63) is 28.8 Å². The van der Waals surface area contributed by atoms with Crippen LogP contribution in [0.5, 0.6) is 5.75 Å². The average Bonchev–Trinajstić information content (AvgIpc) is 2.38. The molecule has 0 radical (unpaired) electrons. The Balaban J connectivity index is 1.95. The number of rotatable bonds is 4. The minimum absolute atomic E-state index is 0.712. The van der Waals surface area contributed by atoms with Gasteiger partial charge in [0, 0.05) is 30.2 Å². The van der Waals surface area contributed by atoms with Crippen molar-refractivity contribution < 1.29 is 9.47 Å². The van der Waals surface area contributed by atoms with E-state index in [0.29, 0.717) is 6.54 Å². The van der Waals surface area contributed by atoms with Crippen molar-refractivity contribution in [2.75, 3.05) is 33.4 Å². The van der Waals surface area contributed by atoms with E-state index in [1.54, 1.807) is 7.11 Å². The first kappa shape index (κ1) is 12.6. The summed E-state index contributed by atoms with van der Waals surface area (Å²) in [6.07, 6.45) is 0. The number of hydrogen-bond donors (Lipinski definition) is 1. The summed E-state index contributed by atoms with van der Waals surface area (Å²) in [4.78, 5) is 0. The maximum Gasteiger partial charge on any atom is 0.123 e. The van der Waals surface area contributed by atoms with Gasteiger partial charge in [0.25, 0.3) is 0 Å². The third kappa shape index (κ3) is 3.57. The second kappa shape index (κ2) is 6.21. The smallest absolute Gasteiger partial charge is 0.123 e. The Kier molecular flexibility index (Phi) is 4.62. The van der Waals surface area contributed by atoms with Crippen molar-refractivity contribution in [1.29, 1.82) is 0 Å². The molecule has 1 heterocycles. The van der Waals surface area contributed by atoms with Crippen LogP contribution in [0.15, 0.2) is 18.2 Å². The van der Waals surface area contributed by atoms with E-state index in [-0.39, 0.29) is 0 Å². The van der Waals surface area contributed by atoms with E-state index in [4.69, 9.17) is 21.1 Å². The van der Waals surface area contributed by atoms with Crippen LogP contribution in [0.2, 0.25) is 5.02 Å². The standard InChI is InChI=1S/C12H17ClN2O2/c1-16-12-3-2-11(13)8-10(12)9-14-15-4-6-17-7-5-15/h2-3,8,14H,4-7,9H2,1H3. The molecule has 0 atom stereocenters. The highest BCUT2D eigenvalue weighted by Gasteiger charge is 2.11. The van der Waals surface area contributed by atoms with Crippen molar-refractivity contribution in [3.63, 3.8) is 0 Å². The predicted octanol–water partition coefficient (Wildman–Crippen LogP) is 1.69. The minimum atomic E-state index is 0.712. The predicted molar refractivity (Wildman–Crippen MR) is 67.2 cm³/mol. The summed E-state index contributed by atoms with van der Waals surface area (Å²) in [6, 6.07) is 5.64. The Bertz CT molecular complexity index is 368. The molecule has 1 N–H and O–H groups in total. The van der Waals surface area contributed by atoms with Gasteiger partial charge in [-0.2, -0.15) is 0 Å². The minimum Gasteiger partial charge on any atom is -0.496 e. The number of ether oxygens (including phenoxy) is 2. The van der Waals surface area contributed by atoms with Crippen LogP contribution in [0.4, 0.5) is 0 Å². The van der Waals surface area contributed by atoms with Crippen molar-refractivity contribution in [2.45, 2.75) is 6.54 Å². The topological polar surface area (TPSA) is 33.7 Å². The maximum atomic E-state index is 5.98. The number of halogens is 1. The highest BCUT2D eigenvalue weighted by molar-refractivity contribution is 6.30. The molecule has 1 aromatic rings. The van der Waals surface area contributed by atoms with E-state index in [0.717, 1.165) is 42.6 Å².